The summed E-state index contributed by atoms with van der Waals surface area (Å²) >= 11 is 0. The molecule has 0 heterocycles. The second-order valence-electron chi connectivity index (χ2n) is 3.61. The van der Waals surface area contributed by atoms with E-state index in [1.54, 1.807) is 13.0 Å². The molecule has 0 unspecified atom stereocenters. The van der Waals surface area contributed by atoms with Crippen LogP contribution in [0.25, 0.3) is 0 Å². The third-order valence-corrected chi connectivity index (χ3v) is 2.14. The number of rotatable bonds is 6. The van der Waals surface area contributed by atoms with Crippen LogP contribution < -0.4 is 4.74 Å². The van der Waals surface area contributed by atoms with Crippen molar-refractivity contribution < 1.29 is 19.7 Å². The Morgan fingerprint density at radius 2 is 2.12 bits per heavy atom. The van der Waals surface area contributed by atoms with Crippen LogP contribution in [0, 0.1) is 0 Å². The van der Waals surface area contributed by atoms with Crippen LogP contribution in [0.3, 0.4) is 0 Å². The maximum absolute atomic E-state index is 10.5. The molecule has 1 atom stereocenters. The van der Waals surface area contributed by atoms with E-state index < -0.39 is 5.97 Å². The number of para-hydroxylation sites is 1. The van der Waals surface area contributed by atoms with E-state index in [1.807, 2.05) is 18.2 Å². The van der Waals surface area contributed by atoms with Crippen LogP contribution >= 0.6 is 0 Å². The largest absolute Gasteiger partial charge is 0.490 e. The van der Waals surface area contributed by atoms with Gasteiger partial charge in [0.25, 0.3) is 0 Å². The number of benzene rings is 1. The first-order valence-electron chi connectivity index (χ1n) is 5.20. The lowest BCUT2D eigenvalue weighted by molar-refractivity contribution is -0.138. The summed E-state index contributed by atoms with van der Waals surface area (Å²) < 4.78 is 5.52. The maximum Gasteiger partial charge on any atom is 0.307 e. The highest BCUT2D eigenvalue weighted by atomic mass is 16.5. The van der Waals surface area contributed by atoms with Crippen LogP contribution in [0.5, 0.6) is 5.75 Å². The fourth-order valence-electron chi connectivity index (χ4n) is 1.45. The fourth-order valence-corrected chi connectivity index (χ4v) is 1.45. The molecule has 2 N–H and O–H groups in total. The molecule has 16 heavy (non-hydrogen) atoms. The van der Waals surface area contributed by atoms with Crippen molar-refractivity contribution in [1.29, 1.82) is 0 Å². The van der Waals surface area contributed by atoms with Crippen molar-refractivity contribution in [2.45, 2.75) is 25.9 Å². The van der Waals surface area contributed by atoms with Crippen molar-refractivity contribution in [2.24, 2.45) is 0 Å². The summed E-state index contributed by atoms with van der Waals surface area (Å²) in [6, 6.07) is 7.33. The van der Waals surface area contributed by atoms with E-state index in [-0.39, 0.29) is 19.1 Å². The summed E-state index contributed by atoms with van der Waals surface area (Å²) in [6.45, 7) is 1.76. The minimum atomic E-state index is -0.882. The molecule has 0 aliphatic rings. The molecule has 0 amide bonds. The van der Waals surface area contributed by atoms with Gasteiger partial charge in [0.05, 0.1) is 6.42 Å². The Morgan fingerprint density at radius 1 is 1.44 bits per heavy atom. The van der Waals surface area contributed by atoms with Crippen LogP contribution in [-0.2, 0) is 11.2 Å². The number of hydrogen-bond acceptors (Lipinski definition) is 3. The second kappa shape index (κ2) is 6.12. The minimum absolute atomic E-state index is 0.0343. The predicted octanol–water partition coefficient (Wildman–Crippen LogP) is 1.46. The average Bonchev–Trinajstić information content (AvgIpc) is 2.20. The van der Waals surface area contributed by atoms with Gasteiger partial charge in [-0.05, 0) is 25.0 Å². The SMILES string of the molecule is C[C@H](CC(=O)O)Oc1ccccc1CCO. The monoisotopic (exact) mass is 224 g/mol. The summed E-state index contributed by atoms with van der Waals surface area (Å²) in [5.74, 6) is -0.238. The van der Waals surface area contributed by atoms with Gasteiger partial charge in [-0.1, -0.05) is 18.2 Å². The number of ether oxygens (including phenoxy) is 1. The van der Waals surface area contributed by atoms with Gasteiger partial charge in [0, 0.05) is 6.61 Å². The van der Waals surface area contributed by atoms with Crippen molar-refractivity contribution in [3.05, 3.63) is 29.8 Å². The first kappa shape index (κ1) is 12.5. The zero-order valence-electron chi connectivity index (χ0n) is 9.22. The minimum Gasteiger partial charge on any atom is -0.490 e. The Morgan fingerprint density at radius 3 is 2.75 bits per heavy atom. The molecule has 0 aliphatic carbocycles. The quantitative estimate of drug-likeness (QED) is 0.767. The Balaban J connectivity index is 2.68. The molecule has 1 aromatic rings. The zero-order chi connectivity index (χ0) is 12.0. The van der Waals surface area contributed by atoms with E-state index in [9.17, 15) is 4.79 Å². The van der Waals surface area contributed by atoms with Gasteiger partial charge in [-0.25, -0.2) is 0 Å². The molecule has 1 aromatic carbocycles. The van der Waals surface area contributed by atoms with Crippen LogP contribution in [0.4, 0.5) is 0 Å². The number of hydrogen-bond donors (Lipinski definition) is 2. The third kappa shape index (κ3) is 3.90. The van der Waals surface area contributed by atoms with Gasteiger partial charge in [0.1, 0.15) is 11.9 Å². The Labute approximate surface area is 94.5 Å². The number of carbonyl (C=O) groups is 1. The molecule has 4 heteroatoms. The highest BCUT2D eigenvalue weighted by Crippen LogP contribution is 2.20. The third-order valence-electron chi connectivity index (χ3n) is 2.14. The van der Waals surface area contributed by atoms with Crippen molar-refractivity contribution in [2.75, 3.05) is 6.61 Å². The average molecular weight is 224 g/mol. The number of carboxylic acids is 1. The molecular formula is C12H16O4. The summed E-state index contributed by atoms with van der Waals surface area (Å²) in [5.41, 5.74) is 0.891. The van der Waals surface area contributed by atoms with Crippen molar-refractivity contribution in [1.82, 2.24) is 0 Å². The standard InChI is InChI=1S/C12H16O4/c1-9(8-12(14)15)16-11-5-3-2-4-10(11)6-7-13/h2-5,9,13H,6-8H2,1H3,(H,14,15)/t9-/m1/s1. The second-order valence-corrected chi connectivity index (χ2v) is 3.61. The molecular weight excluding hydrogens is 208 g/mol. The first-order valence-corrected chi connectivity index (χ1v) is 5.20. The summed E-state index contributed by atoms with van der Waals surface area (Å²) in [7, 11) is 0. The van der Waals surface area contributed by atoms with E-state index in [2.05, 4.69) is 0 Å². The molecule has 0 bridgehead atoms. The number of aliphatic carboxylic acids is 1. The highest BCUT2D eigenvalue weighted by molar-refractivity contribution is 5.67. The van der Waals surface area contributed by atoms with Gasteiger partial charge in [0.2, 0.25) is 0 Å². The van der Waals surface area contributed by atoms with Crippen LogP contribution in [-0.4, -0.2) is 28.9 Å². The highest BCUT2D eigenvalue weighted by Gasteiger charge is 2.11. The van der Waals surface area contributed by atoms with E-state index in [0.717, 1.165) is 5.56 Å². The lowest BCUT2D eigenvalue weighted by Gasteiger charge is -2.15. The fraction of sp³-hybridized carbons (Fsp3) is 0.417. The van der Waals surface area contributed by atoms with Gasteiger partial charge < -0.3 is 14.9 Å². The van der Waals surface area contributed by atoms with Gasteiger partial charge in [-0.3, -0.25) is 4.79 Å². The van der Waals surface area contributed by atoms with Crippen molar-refractivity contribution in [3.63, 3.8) is 0 Å². The van der Waals surface area contributed by atoms with E-state index in [1.165, 1.54) is 0 Å². The molecule has 4 nitrogen and oxygen atoms in total. The van der Waals surface area contributed by atoms with Crippen LogP contribution in [0.15, 0.2) is 24.3 Å². The molecule has 0 aliphatic heterocycles. The molecule has 0 radical (unpaired) electrons. The number of aliphatic hydroxyl groups is 1. The molecule has 0 saturated heterocycles. The maximum atomic E-state index is 10.5. The number of carboxylic acid groups (broad SMARTS) is 1. The Bertz CT molecular complexity index is 349. The molecule has 0 fully saturated rings. The van der Waals surface area contributed by atoms with Gasteiger partial charge in [0.15, 0.2) is 0 Å². The normalized spacial score (nSPS) is 12.1. The summed E-state index contributed by atoms with van der Waals surface area (Å²) in [4.78, 5) is 10.5. The summed E-state index contributed by atoms with van der Waals surface area (Å²) in [5, 5.41) is 17.5. The van der Waals surface area contributed by atoms with Crippen molar-refractivity contribution in [3.8, 4) is 5.75 Å². The van der Waals surface area contributed by atoms with E-state index in [4.69, 9.17) is 14.9 Å². The summed E-state index contributed by atoms with van der Waals surface area (Å²) in [6.07, 6.45) is 0.0982. The Kier molecular flexibility index (Phi) is 4.79. The van der Waals surface area contributed by atoms with E-state index >= 15 is 0 Å². The van der Waals surface area contributed by atoms with Gasteiger partial charge in [-0.15, -0.1) is 0 Å². The first-order chi connectivity index (χ1) is 7.63. The van der Waals surface area contributed by atoms with Crippen LogP contribution in [0.2, 0.25) is 0 Å². The lowest BCUT2D eigenvalue weighted by Crippen LogP contribution is -2.17. The van der Waals surface area contributed by atoms with Crippen molar-refractivity contribution >= 4 is 5.97 Å². The Hall–Kier alpha value is -1.55. The smallest absolute Gasteiger partial charge is 0.307 e. The molecule has 88 valence electrons. The molecule has 0 aromatic heterocycles. The molecule has 1 rings (SSSR count). The zero-order valence-corrected chi connectivity index (χ0v) is 9.22. The topological polar surface area (TPSA) is 66.8 Å². The predicted molar refractivity (Wildman–Crippen MR) is 59.6 cm³/mol. The molecule has 0 saturated carbocycles. The van der Waals surface area contributed by atoms with Gasteiger partial charge in [-0.2, -0.15) is 0 Å². The van der Waals surface area contributed by atoms with Gasteiger partial charge >= 0.3 is 5.97 Å². The number of aliphatic hydroxyl groups excluding tert-OH is 1. The van der Waals surface area contributed by atoms with Crippen LogP contribution in [0.1, 0.15) is 18.9 Å². The lowest BCUT2D eigenvalue weighted by atomic mass is 10.1. The van der Waals surface area contributed by atoms with E-state index in [0.29, 0.717) is 12.2 Å². The molecule has 0 spiro atoms.